The standard InChI is InChI=1S/C14H10FNO3/c15-11-7-2-1-4-9(11)5-3-6-10-12(17)8-13(18)16-14(10)19/h1-7H,8H2,(H,16,18,19)/b5-3+,10-6+. The highest BCUT2D eigenvalue weighted by Gasteiger charge is 2.27. The van der Waals surface area contributed by atoms with E-state index in [4.69, 9.17) is 0 Å². The number of hydrogen-bond acceptors (Lipinski definition) is 3. The van der Waals surface area contributed by atoms with Crippen LogP contribution in [0.5, 0.6) is 0 Å². The van der Waals surface area contributed by atoms with Crippen molar-refractivity contribution in [2.45, 2.75) is 6.42 Å². The number of piperidine rings is 1. The first-order valence-corrected chi connectivity index (χ1v) is 5.58. The number of Topliss-reactive ketones (excluding diaryl/α,β-unsaturated/α-hetero) is 1. The molecule has 1 aromatic carbocycles. The number of rotatable bonds is 2. The molecule has 19 heavy (non-hydrogen) atoms. The molecule has 0 radical (unpaired) electrons. The van der Waals surface area contributed by atoms with E-state index < -0.39 is 23.4 Å². The van der Waals surface area contributed by atoms with Gasteiger partial charge in [0.15, 0.2) is 5.78 Å². The van der Waals surface area contributed by atoms with Gasteiger partial charge in [-0.1, -0.05) is 30.4 Å². The first-order chi connectivity index (χ1) is 9.08. The van der Waals surface area contributed by atoms with Crippen LogP contribution in [0.2, 0.25) is 0 Å². The summed E-state index contributed by atoms with van der Waals surface area (Å²) in [5.41, 5.74) is 0.242. The molecule has 0 atom stereocenters. The third-order valence-corrected chi connectivity index (χ3v) is 2.56. The van der Waals surface area contributed by atoms with Crippen LogP contribution < -0.4 is 5.32 Å². The van der Waals surface area contributed by atoms with Gasteiger partial charge in [-0.2, -0.15) is 0 Å². The van der Waals surface area contributed by atoms with Gasteiger partial charge in [0.25, 0.3) is 5.91 Å². The molecule has 96 valence electrons. The number of allylic oxidation sites excluding steroid dienone is 2. The number of carbonyl (C=O) groups is 3. The monoisotopic (exact) mass is 259 g/mol. The third-order valence-electron chi connectivity index (χ3n) is 2.56. The van der Waals surface area contributed by atoms with Crippen LogP contribution in [0.4, 0.5) is 4.39 Å². The van der Waals surface area contributed by atoms with Crippen molar-refractivity contribution in [3.63, 3.8) is 0 Å². The Bertz CT molecular complexity index is 595. The van der Waals surface area contributed by atoms with Gasteiger partial charge < -0.3 is 0 Å². The number of benzene rings is 1. The van der Waals surface area contributed by atoms with E-state index in [-0.39, 0.29) is 12.0 Å². The normalized spacial score (nSPS) is 18.2. The molecule has 1 fully saturated rings. The Kier molecular flexibility index (Phi) is 3.66. The molecule has 1 aliphatic heterocycles. The summed E-state index contributed by atoms with van der Waals surface area (Å²) < 4.78 is 13.3. The summed E-state index contributed by atoms with van der Waals surface area (Å²) in [5, 5.41) is 2.04. The van der Waals surface area contributed by atoms with Crippen LogP contribution in [0, 0.1) is 5.82 Å². The van der Waals surface area contributed by atoms with Crippen LogP contribution in [0.25, 0.3) is 6.08 Å². The van der Waals surface area contributed by atoms with Gasteiger partial charge in [0.05, 0.1) is 12.0 Å². The maximum atomic E-state index is 13.3. The zero-order chi connectivity index (χ0) is 13.8. The minimum atomic E-state index is -0.723. The van der Waals surface area contributed by atoms with Gasteiger partial charge in [0.1, 0.15) is 5.82 Å². The molecular weight excluding hydrogens is 249 g/mol. The van der Waals surface area contributed by atoms with Crippen LogP contribution in [-0.2, 0) is 14.4 Å². The van der Waals surface area contributed by atoms with Crippen molar-refractivity contribution in [1.29, 1.82) is 0 Å². The van der Waals surface area contributed by atoms with Crippen molar-refractivity contribution in [1.82, 2.24) is 5.32 Å². The summed E-state index contributed by atoms with van der Waals surface area (Å²) in [6, 6.07) is 6.11. The van der Waals surface area contributed by atoms with E-state index >= 15 is 0 Å². The molecular formula is C14H10FNO3. The summed E-state index contributed by atoms with van der Waals surface area (Å²) >= 11 is 0. The number of carbonyl (C=O) groups excluding carboxylic acids is 3. The third kappa shape index (κ3) is 3.01. The molecule has 2 rings (SSSR count). The predicted molar refractivity (Wildman–Crippen MR) is 66.3 cm³/mol. The van der Waals surface area contributed by atoms with Gasteiger partial charge in [-0.15, -0.1) is 0 Å². The Morgan fingerprint density at radius 1 is 1.16 bits per heavy atom. The molecule has 0 aromatic heterocycles. The lowest BCUT2D eigenvalue weighted by Crippen LogP contribution is -2.40. The maximum absolute atomic E-state index is 13.3. The van der Waals surface area contributed by atoms with Gasteiger partial charge in [-0.25, -0.2) is 4.39 Å². The molecule has 0 unspecified atom stereocenters. The van der Waals surface area contributed by atoms with Crippen LogP contribution in [0.1, 0.15) is 12.0 Å². The largest absolute Gasteiger partial charge is 0.293 e. The first kappa shape index (κ1) is 12.9. The topological polar surface area (TPSA) is 63.2 Å². The van der Waals surface area contributed by atoms with E-state index in [0.29, 0.717) is 5.56 Å². The Balaban J connectivity index is 2.18. The lowest BCUT2D eigenvalue weighted by atomic mass is 10.0. The minimum Gasteiger partial charge on any atom is -0.293 e. The van der Waals surface area contributed by atoms with Crippen molar-refractivity contribution >= 4 is 23.7 Å². The van der Waals surface area contributed by atoms with Crippen LogP contribution >= 0.6 is 0 Å². The zero-order valence-corrected chi connectivity index (χ0v) is 9.85. The molecule has 1 heterocycles. The molecule has 2 amide bonds. The van der Waals surface area contributed by atoms with E-state index in [2.05, 4.69) is 0 Å². The smallest absolute Gasteiger partial charge is 0.261 e. The molecule has 0 saturated carbocycles. The van der Waals surface area contributed by atoms with E-state index in [0.717, 1.165) is 0 Å². The maximum Gasteiger partial charge on any atom is 0.261 e. The van der Waals surface area contributed by atoms with E-state index in [9.17, 15) is 18.8 Å². The number of ketones is 1. The highest BCUT2D eigenvalue weighted by atomic mass is 19.1. The zero-order valence-electron chi connectivity index (χ0n) is 9.85. The molecule has 1 N–H and O–H groups in total. The second-order valence-corrected chi connectivity index (χ2v) is 3.94. The van der Waals surface area contributed by atoms with Crippen LogP contribution in [-0.4, -0.2) is 17.6 Å². The van der Waals surface area contributed by atoms with E-state index in [1.165, 1.54) is 24.3 Å². The first-order valence-electron chi connectivity index (χ1n) is 5.58. The summed E-state index contributed by atoms with van der Waals surface area (Å²) in [5.74, 6) is -2.26. The Labute approximate surface area is 108 Å². The SMILES string of the molecule is O=C1CC(=O)/C(=C\C=C\c2ccccc2F)C(=O)N1. The highest BCUT2D eigenvalue weighted by Crippen LogP contribution is 2.10. The molecule has 4 nitrogen and oxygen atoms in total. The molecule has 0 aliphatic carbocycles. The molecule has 1 aromatic rings. The van der Waals surface area contributed by atoms with Gasteiger partial charge in [0.2, 0.25) is 5.91 Å². The number of imide groups is 1. The van der Waals surface area contributed by atoms with Crippen molar-refractivity contribution in [3.05, 3.63) is 53.4 Å². The van der Waals surface area contributed by atoms with Crippen LogP contribution in [0.15, 0.2) is 42.0 Å². The second-order valence-electron chi connectivity index (χ2n) is 3.94. The average Bonchev–Trinajstić information content (AvgIpc) is 2.34. The predicted octanol–water partition coefficient (Wildman–Crippen LogP) is 1.38. The fourth-order valence-corrected chi connectivity index (χ4v) is 1.63. The molecule has 0 spiro atoms. The summed E-state index contributed by atoms with van der Waals surface area (Å²) in [6.45, 7) is 0. The van der Waals surface area contributed by atoms with E-state index in [1.807, 2.05) is 5.32 Å². The Morgan fingerprint density at radius 3 is 2.58 bits per heavy atom. The fourth-order valence-electron chi connectivity index (χ4n) is 1.63. The van der Waals surface area contributed by atoms with Crippen molar-refractivity contribution in [2.75, 3.05) is 0 Å². The Morgan fingerprint density at radius 2 is 1.89 bits per heavy atom. The molecule has 0 bridgehead atoms. The van der Waals surface area contributed by atoms with Gasteiger partial charge >= 0.3 is 0 Å². The molecule has 1 aliphatic rings. The minimum absolute atomic E-state index is 0.104. The molecule has 5 heteroatoms. The number of amides is 2. The van der Waals surface area contributed by atoms with Gasteiger partial charge in [0, 0.05) is 5.56 Å². The summed E-state index contributed by atoms with van der Waals surface area (Å²) in [6.07, 6.45) is 3.78. The second kappa shape index (κ2) is 5.39. The van der Waals surface area contributed by atoms with Crippen molar-refractivity contribution < 1.29 is 18.8 Å². The van der Waals surface area contributed by atoms with Crippen molar-refractivity contribution in [3.8, 4) is 0 Å². The fraction of sp³-hybridized carbons (Fsp3) is 0.0714. The van der Waals surface area contributed by atoms with Crippen LogP contribution in [0.3, 0.4) is 0 Å². The highest BCUT2D eigenvalue weighted by molar-refractivity contribution is 6.30. The van der Waals surface area contributed by atoms with E-state index in [1.54, 1.807) is 18.2 Å². The summed E-state index contributed by atoms with van der Waals surface area (Å²) in [4.78, 5) is 33.8. The Hall–Kier alpha value is -2.56. The lowest BCUT2D eigenvalue weighted by Gasteiger charge is -2.11. The number of halogens is 1. The number of hydrogen-bond donors (Lipinski definition) is 1. The van der Waals surface area contributed by atoms with Gasteiger partial charge in [-0.05, 0) is 12.1 Å². The summed E-state index contributed by atoms with van der Waals surface area (Å²) in [7, 11) is 0. The lowest BCUT2D eigenvalue weighted by molar-refractivity contribution is -0.134. The van der Waals surface area contributed by atoms with Crippen molar-refractivity contribution in [2.24, 2.45) is 0 Å². The molecule has 1 saturated heterocycles. The van der Waals surface area contributed by atoms with Gasteiger partial charge in [-0.3, -0.25) is 19.7 Å². The average molecular weight is 259 g/mol. The quantitative estimate of drug-likeness (QED) is 0.378. The number of nitrogens with one attached hydrogen (secondary N) is 1.